The fourth-order valence-corrected chi connectivity index (χ4v) is 2.08. The summed E-state index contributed by atoms with van der Waals surface area (Å²) >= 11 is 0.976. The van der Waals surface area contributed by atoms with Crippen LogP contribution in [-0.4, -0.2) is 30.4 Å². The van der Waals surface area contributed by atoms with Crippen molar-refractivity contribution < 1.29 is 18.7 Å². The summed E-state index contributed by atoms with van der Waals surface area (Å²) in [5, 5.41) is 10.3. The number of carbonyl (C=O) groups excluding carboxylic acids is 2. The van der Waals surface area contributed by atoms with Gasteiger partial charge in [0.1, 0.15) is 5.82 Å². The highest BCUT2D eigenvalue weighted by Crippen LogP contribution is 2.23. The van der Waals surface area contributed by atoms with Gasteiger partial charge in [-0.3, -0.25) is 10.1 Å². The lowest BCUT2D eigenvalue weighted by Crippen LogP contribution is -2.19. The third-order valence-corrected chi connectivity index (χ3v) is 3.23. The van der Waals surface area contributed by atoms with Crippen LogP contribution in [0.5, 0.6) is 0 Å². The third kappa shape index (κ3) is 4.25. The van der Waals surface area contributed by atoms with Gasteiger partial charge in [0.2, 0.25) is 0 Å². The molecule has 0 spiro atoms. The van der Waals surface area contributed by atoms with E-state index in [1.165, 1.54) is 25.5 Å². The average Bonchev–Trinajstić information content (AvgIpc) is 2.81. The van der Waals surface area contributed by atoms with Gasteiger partial charge in [0, 0.05) is 6.08 Å². The highest BCUT2D eigenvalue weighted by atomic mass is 32.2. The number of amidine groups is 1. The Kier molecular flexibility index (Phi) is 4.83. The van der Waals surface area contributed by atoms with Crippen LogP contribution in [0.25, 0.3) is 0 Å². The summed E-state index contributed by atoms with van der Waals surface area (Å²) < 4.78 is 17.1. The highest BCUT2D eigenvalue weighted by Gasteiger charge is 2.24. The van der Waals surface area contributed by atoms with Gasteiger partial charge in [0.05, 0.1) is 18.2 Å². The first kappa shape index (κ1) is 14.9. The Morgan fingerprint density at radius 3 is 2.76 bits per heavy atom. The maximum absolute atomic E-state index is 12.7. The summed E-state index contributed by atoms with van der Waals surface area (Å²) in [5.74, 6) is -1.40. The molecule has 1 amide bonds. The summed E-state index contributed by atoms with van der Waals surface area (Å²) in [6.07, 6.45) is 2.49. The Hall–Kier alpha value is -2.48. The Labute approximate surface area is 123 Å². The zero-order valence-electron chi connectivity index (χ0n) is 10.9. The van der Waals surface area contributed by atoms with E-state index in [1.807, 2.05) is 0 Å². The normalized spacial score (nSPS) is 18.5. The molecule has 1 aromatic carbocycles. The van der Waals surface area contributed by atoms with Crippen molar-refractivity contribution in [2.45, 2.75) is 0 Å². The number of nitrogens with zero attached hydrogens (tertiary/aromatic N) is 2. The summed E-state index contributed by atoms with van der Waals surface area (Å²) in [6.45, 7) is 0. The number of thioether (sulfide) groups is 1. The number of esters is 1. The van der Waals surface area contributed by atoms with Crippen LogP contribution in [0, 0.1) is 5.82 Å². The number of halogens is 1. The van der Waals surface area contributed by atoms with Crippen molar-refractivity contribution in [3.8, 4) is 0 Å². The van der Waals surface area contributed by atoms with E-state index in [1.54, 1.807) is 12.1 Å². The second-order valence-corrected chi connectivity index (χ2v) is 4.82. The van der Waals surface area contributed by atoms with Crippen LogP contribution in [0.1, 0.15) is 5.56 Å². The molecule has 1 aliphatic rings. The molecule has 2 rings (SSSR count). The zero-order chi connectivity index (χ0) is 15.2. The molecule has 1 N–H and O–H groups in total. The summed E-state index contributed by atoms with van der Waals surface area (Å²) in [6, 6.07) is 5.69. The van der Waals surface area contributed by atoms with E-state index in [2.05, 4.69) is 20.3 Å². The summed E-state index contributed by atoms with van der Waals surface area (Å²) in [5.41, 5.74) is 0.667. The number of amides is 1. The van der Waals surface area contributed by atoms with Crippen molar-refractivity contribution in [3.05, 3.63) is 46.6 Å². The van der Waals surface area contributed by atoms with Crippen molar-refractivity contribution in [3.63, 3.8) is 0 Å². The van der Waals surface area contributed by atoms with Gasteiger partial charge < -0.3 is 4.74 Å². The van der Waals surface area contributed by atoms with Gasteiger partial charge in [-0.25, -0.2) is 9.18 Å². The summed E-state index contributed by atoms with van der Waals surface area (Å²) in [7, 11) is 1.22. The SMILES string of the molecule is COC(=O)/C=C1/S/C(=N\N=Cc2ccc(F)cc2)NC1=O. The van der Waals surface area contributed by atoms with Crippen LogP contribution < -0.4 is 5.32 Å². The number of nitrogens with one attached hydrogen (secondary N) is 1. The van der Waals surface area contributed by atoms with Crippen LogP contribution in [0.15, 0.2) is 45.4 Å². The molecule has 8 heteroatoms. The molecule has 0 radical (unpaired) electrons. The predicted octanol–water partition coefficient (Wildman–Crippen LogP) is 1.44. The zero-order valence-corrected chi connectivity index (χ0v) is 11.7. The van der Waals surface area contributed by atoms with Gasteiger partial charge in [-0.05, 0) is 29.5 Å². The van der Waals surface area contributed by atoms with Crippen LogP contribution in [-0.2, 0) is 14.3 Å². The molecule has 0 saturated carbocycles. The Morgan fingerprint density at radius 1 is 1.38 bits per heavy atom. The molecule has 1 aromatic rings. The first-order valence-corrected chi connectivity index (χ1v) is 6.55. The molecular formula is C13H10FN3O3S. The monoisotopic (exact) mass is 307 g/mol. The molecule has 108 valence electrons. The maximum atomic E-state index is 12.7. The molecule has 0 unspecified atom stereocenters. The topological polar surface area (TPSA) is 80.1 Å². The van der Waals surface area contributed by atoms with Crippen LogP contribution in [0.3, 0.4) is 0 Å². The van der Waals surface area contributed by atoms with Crippen molar-refractivity contribution in [2.24, 2.45) is 10.2 Å². The molecule has 0 aromatic heterocycles. The highest BCUT2D eigenvalue weighted by molar-refractivity contribution is 8.18. The number of hydrogen-bond donors (Lipinski definition) is 1. The fourth-order valence-electron chi connectivity index (χ4n) is 1.34. The molecule has 0 bridgehead atoms. The second kappa shape index (κ2) is 6.80. The van der Waals surface area contributed by atoms with E-state index in [0.717, 1.165) is 17.8 Å². The number of ether oxygens (including phenoxy) is 1. The standard InChI is InChI=1S/C13H10FN3O3S/c1-20-11(18)6-10-12(19)16-13(21-10)17-15-7-8-2-4-9(14)5-3-8/h2-7H,1H3,(H,16,17,19)/b10-6+,15-7?. The van der Waals surface area contributed by atoms with E-state index in [9.17, 15) is 14.0 Å². The van der Waals surface area contributed by atoms with Gasteiger partial charge in [0.25, 0.3) is 5.91 Å². The third-order valence-electron chi connectivity index (χ3n) is 2.33. The van der Waals surface area contributed by atoms with E-state index >= 15 is 0 Å². The van der Waals surface area contributed by atoms with Gasteiger partial charge in [0.15, 0.2) is 5.17 Å². The van der Waals surface area contributed by atoms with Gasteiger partial charge in [-0.15, -0.1) is 5.10 Å². The molecule has 1 heterocycles. The van der Waals surface area contributed by atoms with Crippen molar-refractivity contribution >= 4 is 35.0 Å². The molecule has 0 atom stereocenters. The van der Waals surface area contributed by atoms with Gasteiger partial charge in [-0.1, -0.05) is 12.1 Å². The quantitative estimate of drug-likeness (QED) is 0.396. The van der Waals surface area contributed by atoms with E-state index in [4.69, 9.17) is 0 Å². The first-order chi connectivity index (χ1) is 10.1. The number of carbonyl (C=O) groups is 2. The number of rotatable bonds is 3. The fraction of sp³-hybridized carbons (Fsp3) is 0.0769. The minimum Gasteiger partial charge on any atom is -0.466 e. The molecule has 21 heavy (non-hydrogen) atoms. The Balaban J connectivity index is 2.03. The van der Waals surface area contributed by atoms with E-state index < -0.39 is 11.9 Å². The Morgan fingerprint density at radius 2 is 2.10 bits per heavy atom. The number of methoxy groups -OCH3 is 1. The smallest absolute Gasteiger partial charge is 0.331 e. The van der Waals surface area contributed by atoms with Crippen LogP contribution in [0.4, 0.5) is 4.39 Å². The second-order valence-electron chi connectivity index (χ2n) is 3.79. The molecule has 1 saturated heterocycles. The predicted molar refractivity (Wildman–Crippen MR) is 77.3 cm³/mol. The first-order valence-electron chi connectivity index (χ1n) is 5.74. The van der Waals surface area contributed by atoms with Crippen molar-refractivity contribution in [1.82, 2.24) is 5.32 Å². The van der Waals surface area contributed by atoms with E-state index in [0.29, 0.717) is 5.56 Å². The maximum Gasteiger partial charge on any atom is 0.331 e. The van der Waals surface area contributed by atoms with E-state index in [-0.39, 0.29) is 15.9 Å². The molecular weight excluding hydrogens is 297 g/mol. The molecule has 0 aliphatic carbocycles. The lowest BCUT2D eigenvalue weighted by molar-refractivity contribution is -0.135. The largest absolute Gasteiger partial charge is 0.466 e. The lowest BCUT2D eigenvalue weighted by atomic mass is 10.2. The minimum atomic E-state index is -0.622. The molecule has 1 fully saturated rings. The average molecular weight is 307 g/mol. The van der Waals surface area contributed by atoms with Crippen molar-refractivity contribution in [1.29, 1.82) is 0 Å². The van der Waals surface area contributed by atoms with Crippen LogP contribution in [0.2, 0.25) is 0 Å². The number of hydrogen-bond acceptors (Lipinski definition) is 6. The van der Waals surface area contributed by atoms with Gasteiger partial charge in [-0.2, -0.15) is 5.10 Å². The molecule has 1 aliphatic heterocycles. The molecule has 6 nitrogen and oxygen atoms in total. The lowest BCUT2D eigenvalue weighted by Gasteiger charge is -1.91. The number of benzene rings is 1. The van der Waals surface area contributed by atoms with Gasteiger partial charge >= 0.3 is 5.97 Å². The Bertz CT molecular complexity index is 653. The minimum absolute atomic E-state index is 0.178. The summed E-state index contributed by atoms with van der Waals surface area (Å²) in [4.78, 5) is 22.8. The van der Waals surface area contributed by atoms with Crippen LogP contribution >= 0.6 is 11.8 Å². The van der Waals surface area contributed by atoms with Crippen molar-refractivity contribution in [2.75, 3.05) is 7.11 Å².